The number of phenolic OH excluding ortho intramolecular Hbond substituents is 1. The lowest BCUT2D eigenvalue weighted by molar-refractivity contribution is -0.0371. The number of carbonyl (C=O) groups is 1. The fourth-order valence-electron chi connectivity index (χ4n) is 2.15. The lowest BCUT2D eigenvalue weighted by atomic mass is 10.1. The second kappa shape index (κ2) is 5.80. The zero-order chi connectivity index (χ0) is 14.0. The number of aromatic hydroxyl groups is 1. The zero-order valence-electron chi connectivity index (χ0n) is 11.1. The molecule has 1 aromatic carbocycles. The molecule has 0 aromatic heterocycles. The van der Waals surface area contributed by atoms with Crippen LogP contribution in [-0.4, -0.2) is 47.1 Å². The lowest BCUT2D eigenvalue weighted by Gasteiger charge is -2.37. The molecule has 1 N–H and O–H groups in total. The Kier molecular flexibility index (Phi) is 4.32. The number of hydrogen-bond donors (Lipinski definition) is 1. The predicted molar refractivity (Wildman–Crippen MR) is 73.8 cm³/mol. The fraction of sp³-hybridized carbons (Fsp3) is 0.500. The largest absolute Gasteiger partial charge is 0.508 e. The number of aryl methyl sites for hydroxylation is 1. The summed E-state index contributed by atoms with van der Waals surface area (Å²) in [7, 11) is 0. The Morgan fingerprint density at radius 2 is 2.32 bits per heavy atom. The summed E-state index contributed by atoms with van der Waals surface area (Å²) in [5.74, 6) is 0.532. The third-order valence-electron chi connectivity index (χ3n) is 3.38. The number of nitrogens with zero attached hydrogens (tertiary/aromatic N) is 1. The number of hydrogen-bond acceptors (Lipinski definition) is 3. The van der Waals surface area contributed by atoms with E-state index >= 15 is 0 Å². The van der Waals surface area contributed by atoms with Crippen molar-refractivity contribution in [2.45, 2.75) is 26.0 Å². The van der Waals surface area contributed by atoms with E-state index in [1.54, 1.807) is 30.0 Å². The number of benzene rings is 1. The Bertz CT molecular complexity index is 478. The van der Waals surface area contributed by atoms with E-state index < -0.39 is 0 Å². The molecule has 1 aromatic rings. The van der Waals surface area contributed by atoms with Gasteiger partial charge in [0.25, 0.3) is 5.91 Å². The minimum atomic E-state index is -0.111. The summed E-state index contributed by atoms with van der Waals surface area (Å²) in [5.41, 5.74) is 1.28. The van der Waals surface area contributed by atoms with Crippen LogP contribution in [0.4, 0.5) is 0 Å². The molecule has 1 aliphatic rings. The summed E-state index contributed by atoms with van der Waals surface area (Å²) in [6.45, 7) is 4.73. The van der Waals surface area contributed by atoms with Crippen LogP contribution in [0.1, 0.15) is 22.8 Å². The van der Waals surface area contributed by atoms with Gasteiger partial charge in [-0.2, -0.15) is 0 Å². The van der Waals surface area contributed by atoms with Gasteiger partial charge in [-0.1, -0.05) is 0 Å². The van der Waals surface area contributed by atoms with E-state index in [-0.39, 0.29) is 23.8 Å². The van der Waals surface area contributed by atoms with Crippen molar-refractivity contribution in [3.05, 3.63) is 29.3 Å². The highest BCUT2D eigenvalue weighted by Gasteiger charge is 2.29. The molecule has 2 unspecified atom stereocenters. The molecule has 5 heteroatoms. The van der Waals surface area contributed by atoms with Gasteiger partial charge in [0.1, 0.15) is 5.75 Å². The number of rotatable bonds is 2. The van der Waals surface area contributed by atoms with E-state index in [1.807, 2.05) is 6.92 Å². The number of ether oxygens (including phenoxy) is 1. The van der Waals surface area contributed by atoms with Gasteiger partial charge in [-0.15, -0.1) is 11.6 Å². The van der Waals surface area contributed by atoms with Gasteiger partial charge < -0.3 is 14.7 Å². The smallest absolute Gasteiger partial charge is 0.254 e. The van der Waals surface area contributed by atoms with Crippen LogP contribution in [-0.2, 0) is 4.74 Å². The maximum atomic E-state index is 12.5. The molecule has 0 bridgehead atoms. The van der Waals surface area contributed by atoms with Crippen LogP contribution in [0.25, 0.3) is 0 Å². The standard InChI is InChI=1S/C14H18ClNO3/c1-9-5-11(3-4-13(9)17)14(18)16-7-12(6-15)19-8-10(16)2/h3-5,10,12,17H,6-8H2,1-2H3. The van der Waals surface area contributed by atoms with Gasteiger partial charge in [-0.25, -0.2) is 0 Å². The molecule has 1 aliphatic heterocycles. The normalized spacial score (nSPS) is 23.4. The molecule has 2 atom stereocenters. The first kappa shape index (κ1) is 14.2. The number of phenols is 1. The monoisotopic (exact) mass is 283 g/mol. The molecule has 104 valence electrons. The quantitative estimate of drug-likeness (QED) is 0.846. The second-order valence-electron chi connectivity index (χ2n) is 4.92. The topological polar surface area (TPSA) is 49.8 Å². The molecule has 19 heavy (non-hydrogen) atoms. The third-order valence-corrected chi connectivity index (χ3v) is 3.73. The van der Waals surface area contributed by atoms with Crippen molar-refractivity contribution in [2.75, 3.05) is 19.0 Å². The molecule has 0 saturated carbocycles. The number of amides is 1. The molecule has 4 nitrogen and oxygen atoms in total. The second-order valence-corrected chi connectivity index (χ2v) is 5.23. The minimum Gasteiger partial charge on any atom is -0.508 e. The maximum absolute atomic E-state index is 12.5. The van der Waals surface area contributed by atoms with Gasteiger partial charge in [0.05, 0.1) is 24.6 Å². The van der Waals surface area contributed by atoms with Gasteiger partial charge >= 0.3 is 0 Å². The number of morpholine rings is 1. The first-order chi connectivity index (χ1) is 9.02. The van der Waals surface area contributed by atoms with Crippen LogP contribution in [0, 0.1) is 6.92 Å². The first-order valence-electron chi connectivity index (χ1n) is 6.31. The average molecular weight is 284 g/mol. The first-order valence-corrected chi connectivity index (χ1v) is 6.84. The molecule has 0 aliphatic carbocycles. The Hall–Kier alpha value is -1.26. The van der Waals surface area contributed by atoms with Gasteiger partial charge in [0.15, 0.2) is 0 Å². The molecular weight excluding hydrogens is 266 g/mol. The summed E-state index contributed by atoms with van der Waals surface area (Å²) in [6, 6.07) is 4.92. The molecular formula is C14H18ClNO3. The average Bonchev–Trinajstić information content (AvgIpc) is 2.41. The molecule has 1 amide bonds. The Morgan fingerprint density at radius 3 is 2.95 bits per heavy atom. The van der Waals surface area contributed by atoms with Crippen molar-refractivity contribution in [3.63, 3.8) is 0 Å². The van der Waals surface area contributed by atoms with Crippen molar-refractivity contribution < 1.29 is 14.6 Å². The number of halogens is 1. The number of alkyl halides is 1. The summed E-state index contributed by atoms with van der Waals surface area (Å²) in [4.78, 5) is 14.3. The van der Waals surface area contributed by atoms with E-state index in [1.165, 1.54) is 0 Å². The van der Waals surface area contributed by atoms with Gasteiger partial charge in [0.2, 0.25) is 0 Å². The summed E-state index contributed by atoms with van der Waals surface area (Å²) >= 11 is 5.79. The molecule has 1 saturated heterocycles. The highest BCUT2D eigenvalue weighted by atomic mass is 35.5. The van der Waals surface area contributed by atoms with Gasteiger partial charge in [-0.05, 0) is 37.6 Å². The Labute approximate surface area is 117 Å². The molecule has 2 rings (SSSR count). The van der Waals surface area contributed by atoms with Crippen LogP contribution in [0.5, 0.6) is 5.75 Å². The van der Waals surface area contributed by atoms with Gasteiger partial charge in [-0.3, -0.25) is 4.79 Å². The van der Waals surface area contributed by atoms with E-state index in [0.29, 0.717) is 30.2 Å². The number of carbonyl (C=O) groups excluding carboxylic acids is 1. The Morgan fingerprint density at radius 1 is 1.58 bits per heavy atom. The zero-order valence-corrected chi connectivity index (χ0v) is 11.9. The molecule has 0 radical (unpaired) electrons. The molecule has 0 spiro atoms. The van der Waals surface area contributed by atoms with E-state index in [9.17, 15) is 9.90 Å². The molecule has 1 fully saturated rings. The fourth-order valence-corrected chi connectivity index (χ4v) is 2.33. The predicted octanol–water partition coefficient (Wildman–Crippen LogP) is 2.17. The Balaban J connectivity index is 2.19. The maximum Gasteiger partial charge on any atom is 0.254 e. The SMILES string of the molecule is Cc1cc(C(=O)N2CC(CCl)OCC2C)ccc1O. The van der Waals surface area contributed by atoms with Crippen molar-refractivity contribution in [1.82, 2.24) is 4.90 Å². The molecule has 1 heterocycles. The lowest BCUT2D eigenvalue weighted by Crippen LogP contribution is -2.51. The van der Waals surface area contributed by atoms with Crippen molar-refractivity contribution in [3.8, 4) is 5.75 Å². The summed E-state index contributed by atoms with van der Waals surface area (Å²) < 4.78 is 5.53. The van der Waals surface area contributed by atoms with Crippen LogP contribution >= 0.6 is 11.6 Å². The van der Waals surface area contributed by atoms with E-state index in [2.05, 4.69) is 0 Å². The van der Waals surface area contributed by atoms with Crippen molar-refractivity contribution in [2.24, 2.45) is 0 Å². The van der Waals surface area contributed by atoms with Crippen LogP contribution in [0.3, 0.4) is 0 Å². The van der Waals surface area contributed by atoms with E-state index in [0.717, 1.165) is 0 Å². The van der Waals surface area contributed by atoms with E-state index in [4.69, 9.17) is 16.3 Å². The van der Waals surface area contributed by atoms with Crippen LogP contribution < -0.4 is 0 Å². The summed E-state index contributed by atoms with van der Waals surface area (Å²) in [6.07, 6.45) is -0.111. The summed E-state index contributed by atoms with van der Waals surface area (Å²) in [5, 5.41) is 9.51. The van der Waals surface area contributed by atoms with Crippen molar-refractivity contribution in [1.29, 1.82) is 0 Å². The highest BCUT2D eigenvalue weighted by molar-refractivity contribution is 6.18. The minimum absolute atomic E-state index is 0.0288. The van der Waals surface area contributed by atoms with Crippen molar-refractivity contribution >= 4 is 17.5 Å². The third kappa shape index (κ3) is 3.01. The highest BCUT2D eigenvalue weighted by Crippen LogP contribution is 2.21. The van der Waals surface area contributed by atoms with Crippen LogP contribution in [0.2, 0.25) is 0 Å². The van der Waals surface area contributed by atoms with Crippen LogP contribution in [0.15, 0.2) is 18.2 Å². The van der Waals surface area contributed by atoms with Gasteiger partial charge in [0, 0.05) is 12.1 Å².